The van der Waals surface area contributed by atoms with Crippen LogP contribution in [0.25, 0.3) is 0 Å². The normalized spacial score (nSPS) is 10.1. The van der Waals surface area contributed by atoms with Crippen LogP contribution in [0.2, 0.25) is 0 Å². The first-order valence-electron chi connectivity index (χ1n) is 5.21. The van der Waals surface area contributed by atoms with Crippen molar-refractivity contribution in [3.8, 4) is 0 Å². The number of rotatable bonds is 5. The lowest BCUT2D eigenvalue weighted by Gasteiger charge is -2.17. The van der Waals surface area contributed by atoms with Gasteiger partial charge in [0.15, 0.2) is 0 Å². The van der Waals surface area contributed by atoms with Crippen LogP contribution in [0.4, 0.5) is 0 Å². The lowest BCUT2D eigenvalue weighted by molar-refractivity contribution is -0.132. The summed E-state index contributed by atoms with van der Waals surface area (Å²) in [7, 11) is 3.52. The van der Waals surface area contributed by atoms with Crippen molar-refractivity contribution in [3.63, 3.8) is 0 Å². The van der Waals surface area contributed by atoms with E-state index < -0.39 is 0 Å². The Morgan fingerprint density at radius 3 is 2.82 bits per heavy atom. The summed E-state index contributed by atoms with van der Waals surface area (Å²) in [6, 6.07) is 0. The number of aryl methyl sites for hydroxylation is 1. The number of imidazole rings is 1. The number of aromatic nitrogens is 2. The number of carbonyl (C=O) groups excluding carboxylic acids is 2. The molecule has 0 aliphatic rings. The van der Waals surface area contributed by atoms with Crippen LogP contribution in [0.1, 0.15) is 5.82 Å². The molecule has 1 heterocycles. The Morgan fingerprint density at radius 2 is 2.29 bits per heavy atom. The Kier molecular flexibility index (Phi) is 4.65. The van der Waals surface area contributed by atoms with Crippen molar-refractivity contribution in [2.45, 2.75) is 6.54 Å². The fourth-order valence-corrected chi connectivity index (χ4v) is 1.23. The number of carbonyl (C=O) groups is 2. The van der Waals surface area contributed by atoms with Gasteiger partial charge < -0.3 is 20.5 Å². The van der Waals surface area contributed by atoms with Crippen LogP contribution in [0.3, 0.4) is 0 Å². The first-order chi connectivity index (χ1) is 8.04. The van der Waals surface area contributed by atoms with Gasteiger partial charge in [-0.2, -0.15) is 0 Å². The summed E-state index contributed by atoms with van der Waals surface area (Å²) in [6.45, 7) is 0.244. The molecule has 2 amide bonds. The second-order valence-electron chi connectivity index (χ2n) is 3.69. The Morgan fingerprint density at radius 1 is 1.59 bits per heavy atom. The van der Waals surface area contributed by atoms with E-state index >= 15 is 0 Å². The molecule has 0 fully saturated rings. The van der Waals surface area contributed by atoms with Gasteiger partial charge in [0.1, 0.15) is 5.82 Å². The van der Waals surface area contributed by atoms with Crippen LogP contribution < -0.4 is 11.1 Å². The van der Waals surface area contributed by atoms with Crippen molar-refractivity contribution in [1.29, 1.82) is 0 Å². The van der Waals surface area contributed by atoms with E-state index in [9.17, 15) is 9.59 Å². The molecular weight excluding hydrogens is 222 g/mol. The number of nitrogens with one attached hydrogen (secondary N) is 1. The first-order valence-corrected chi connectivity index (χ1v) is 5.21. The highest BCUT2D eigenvalue weighted by Gasteiger charge is 2.12. The van der Waals surface area contributed by atoms with Gasteiger partial charge in [-0.1, -0.05) is 0 Å². The smallest absolute Gasteiger partial charge is 0.242 e. The Bertz CT molecular complexity index is 401. The monoisotopic (exact) mass is 239 g/mol. The fraction of sp³-hybridized carbons (Fsp3) is 0.500. The van der Waals surface area contributed by atoms with E-state index in [-0.39, 0.29) is 24.9 Å². The van der Waals surface area contributed by atoms with Crippen LogP contribution >= 0.6 is 0 Å². The molecule has 1 aromatic rings. The first kappa shape index (κ1) is 13.2. The van der Waals surface area contributed by atoms with Crippen LogP contribution in [-0.2, 0) is 23.2 Å². The van der Waals surface area contributed by atoms with Gasteiger partial charge in [-0.25, -0.2) is 4.98 Å². The van der Waals surface area contributed by atoms with Gasteiger partial charge in [-0.15, -0.1) is 0 Å². The fourth-order valence-electron chi connectivity index (χ4n) is 1.23. The van der Waals surface area contributed by atoms with E-state index in [1.807, 2.05) is 17.8 Å². The Hall–Kier alpha value is -1.89. The van der Waals surface area contributed by atoms with E-state index in [0.717, 1.165) is 5.82 Å². The topological polar surface area (TPSA) is 93.2 Å². The van der Waals surface area contributed by atoms with Gasteiger partial charge >= 0.3 is 0 Å². The largest absolute Gasteiger partial charge is 0.346 e. The highest BCUT2D eigenvalue weighted by Crippen LogP contribution is 1.99. The minimum absolute atomic E-state index is 0.0447. The van der Waals surface area contributed by atoms with Crippen molar-refractivity contribution in [2.24, 2.45) is 12.8 Å². The van der Waals surface area contributed by atoms with E-state index in [1.165, 1.54) is 4.90 Å². The number of hydrogen-bond acceptors (Lipinski definition) is 4. The average Bonchev–Trinajstić information content (AvgIpc) is 2.71. The van der Waals surface area contributed by atoms with E-state index in [1.54, 1.807) is 13.2 Å². The zero-order chi connectivity index (χ0) is 12.8. The standard InChI is InChI=1S/C10H17N5O2/c1-14-4-3-12-8(14)7-15(2)10(17)6-13-9(16)5-11/h3-4H,5-7,11H2,1-2H3,(H,13,16). The lowest BCUT2D eigenvalue weighted by atomic mass is 10.4. The zero-order valence-corrected chi connectivity index (χ0v) is 10.0. The lowest BCUT2D eigenvalue weighted by Crippen LogP contribution is -2.40. The second-order valence-corrected chi connectivity index (χ2v) is 3.69. The molecular formula is C10H17N5O2. The predicted molar refractivity (Wildman–Crippen MR) is 61.7 cm³/mol. The second kappa shape index (κ2) is 6.00. The third-order valence-corrected chi connectivity index (χ3v) is 2.35. The number of hydrogen-bond donors (Lipinski definition) is 2. The molecule has 0 bridgehead atoms. The molecule has 0 atom stereocenters. The summed E-state index contributed by atoms with van der Waals surface area (Å²) in [4.78, 5) is 28.1. The molecule has 0 aromatic carbocycles. The molecule has 0 unspecified atom stereocenters. The number of nitrogens with zero attached hydrogens (tertiary/aromatic N) is 3. The van der Waals surface area contributed by atoms with Crippen molar-refractivity contribution in [1.82, 2.24) is 19.8 Å². The van der Waals surface area contributed by atoms with Gasteiger partial charge in [0, 0.05) is 26.5 Å². The van der Waals surface area contributed by atoms with Crippen molar-refractivity contribution >= 4 is 11.8 Å². The van der Waals surface area contributed by atoms with Gasteiger partial charge in [0.05, 0.1) is 19.6 Å². The molecule has 0 spiro atoms. The molecule has 0 saturated heterocycles. The molecule has 7 nitrogen and oxygen atoms in total. The van der Waals surface area contributed by atoms with Crippen LogP contribution in [0.15, 0.2) is 12.4 Å². The maximum Gasteiger partial charge on any atom is 0.242 e. The average molecular weight is 239 g/mol. The number of nitrogens with two attached hydrogens (primary N) is 1. The Balaban J connectivity index is 2.42. The summed E-state index contributed by atoms with van der Waals surface area (Å²) in [6.07, 6.45) is 3.48. The van der Waals surface area contributed by atoms with Gasteiger partial charge in [0.2, 0.25) is 11.8 Å². The predicted octanol–water partition coefficient (Wildman–Crippen LogP) is -1.55. The van der Waals surface area contributed by atoms with E-state index in [2.05, 4.69) is 10.3 Å². The molecule has 3 N–H and O–H groups in total. The van der Waals surface area contributed by atoms with Gasteiger partial charge in [-0.05, 0) is 0 Å². The maximum atomic E-state index is 11.6. The zero-order valence-electron chi connectivity index (χ0n) is 10.0. The third-order valence-electron chi connectivity index (χ3n) is 2.35. The highest BCUT2D eigenvalue weighted by atomic mass is 16.2. The maximum absolute atomic E-state index is 11.6. The summed E-state index contributed by atoms with van der Waals surface area (Å²) in [5.74, 6) is 0.254. The quantitative estimate of drug-likeness (QED) is 0.650. The SMILES string of the molecule is CN(Cc1nccn1C)C(=O)CNC(=O)CN. The summed E-state index contributed by atoms with van der Waals surface area (Å²) in [5.41, 5.74) is 5.11. The molecule has 0 saturated carbocycles. The van der Waals surface area contributed by atoms with Gasteiger partial charge in [0.25, 0.3) is 0 Å². The van der Waals surface area contributed by atoms with E-state index in [4.69, 9.17) is 5.73 Å². The molecule has 1 aromatic heterocycles. The summed E-state index contributed by atoms with van der Waals surface area (Å²) >= 11 is 0. The van der Waals surface area contributed by atoms with Gasteiger partial charge in [-0.3, -0.25) is 9.59 Å². The summed E-state index contributed by atoms with van der Waals surface area (Å²) in [5, 5.41) is 2.42. The van der Waals surface area contributed by atoms with E-state index in [0.29, 0.717) is 6.54 Å². The minimum Gasteiger partial charge on any atom is -0.346 e. The summed E-state index contributed by atoms with van der Waals surface area (Å²) < 4.78 is 1.84. The van der Waals surface area contributed by atoms with Crippen LogP contribution in [0.5, 0.6) is 0 Å². The molecule has 1 rings (SSSR count). The Labute approximate surface area is 99.6 Å². The van der Waals surface area contributed by atoms with Crippen molar-refractivity contribution in [2.75, 3.05) is 20.1 Å². The van der Waals surface area contributed by atoms with Crippen LogP contribution in [0, 0.1) is 0 Å². The molecule has 0 aliphatic carbocycles. The number of amides is 2. The molecule has 7 heteroatoms. The molecule has 94 valence electrons. The number of likely N-dealkylation sites (N-methyl/N-ethyl adjacent to an activating group) is 1. The third kappa shape index (κ3) is 3.87. The highest BCUT2D eigenvalue weighted by molar-refractivity contribution is 5.85. The van der Waals surface area contributed by atoms with Crippen molar-refractivity contribution < 1.29 is 9.59 Å². The van der Waals surface area contributed by atoms with Crippen molar-refractivity contribution in [3.05, 3.63) is 18.2 Å². The molecule has 0 aliphatic heterocycles. The van der Waals surface area contributed by atoms with Crippen LogP contribution in [-0.4, -0.2) is 46.4 Å². The molecule has 0 radical (unpaired) electrons. The minimum atomic E-state index is -0.344. The molecule has 17 heavy (non-hydrogen) atoms.